The zero-order chi connectivity index (χ0) is 13.8. The summed E-state index contributed by atoms with van der Waals surface area (Å²) in [6, 6.07) is 6.36. The molecule has 0 atom stereocenters. The Morgan fingerprint density at radius 1 is 1.28 bits per heavy atom. The maximum absolute atomic E-state index is 11.8. The molecule has 1 N–H and O–H groups in total. The number of anilines is 1. The molecule has 0 aromatic heterocycles. The van der Waals surface area contributed by atoms with Crippen molar-refractivity contribution < 1.29 is 22.8 Å². The molecule has 0 aliphatic carbocycles. The van der Waals surface area contributed by atoms with Gasteiger partial charge in [-0.15, -0.1) is 0 Å². The van der Waals surface area contributed by atoms with Gasteiger partial charge in [-0.3, -0.25) is 9.63 Å². The molecule has 0 bridgehead atoms. The van der Waals surface area contributed by atoms with Gasteiger partial charge in [0.25, 0.3) is 5.91 Å². The van der Waals surface area contributed by atoms with E-state index in [1.54, 1.807) is 17.6 Å². The first-order chi connectivity index (χ1) is 8.29. The summed E-state index contributed by atoms with van der Waals surface area (Å²) in [5.41, 5.74) is 2.83. The van der Waals surface area contributed by atoms with Crippen LogP contribution in [0, 0.1) is 0 Å². The quantitative estimate of drug-likeness (QED) is 0.843. The van der Waals surface area contributed by atoms with E-state index < -0.39 is 18.7 Å². The zero-order valence-corrected chi connectivity index (χ0v) is 9.91. The molecule has 0 saturated carbocycles. The van der Waals surface area contributed by atoms with Crippen molar-refractivity contribution in [3.05, 3.63) is 29.8 Å². The number of rotatable bonds is 4. The smallest absolute Gasteiger partial charge is 0.378 e. The molecule has 0 spiro atoms. The maximum atomic E-state index is 11.8. The number of nitrogens with one attached hydrogen (secondary N) is 1. The van der Waals surface area contributed by atoms with Crippen LogP contribution < -0.4 is 10.4 Å². The number of hydrogen-bond donors (Lipinski definition) is 1. The first-order valence-electron chi connectivity index (χ1n) is 5.06. The summed E-state index contributed by atoms with van der Waals surface area (Å²) >= 11 is 0. The number of amides is 1. The van der Waals surface area contributed by atoms with Gasteiger partial charge in [-0.25, -0.2) is 5.48 Å². The third kappa shape index (κ3) is 4.62. The van der Waals surface area contributed by atoms with Crippen LogP contribution in [0.3, 0.4) is 0 Å². The lowest BCUT2D eigenvalue weighted by Gasteiger charge is -2.12. The maximum Gasteiger partial charge on any atom is 0.414 e. The van der Waals surface area contributed by atoms with Gasteiger partial charge >= 0.3 is 6.18 Å². The second-order valence-corrected chi connectivity index (χ2v) is 3.78. The highest BCUT2D eigenvalue weighted by Gasteiger charge is 2.28. The number of alkyl halides is 3. The van der Waals surface area contributed by atoms with Gasteiger partial charge < -0.3 is 4.90 Å². The fraction of sp³-hybridized carbons (Fsp3) is 0.364. The van der Waals surface area contributed by atoms with Gasteiger partial charge in [0.15, 0.2) is 6.61 Å². The molecule has 0 saturated heterocycles. The highest BCUT2D eigenvalue weighted by atomic mass is 19.4. The molecule has 1 rings (SSSR count). The predicted molar refractivity (Wildman–Crippen MR) is 60.2 cm³/mol. The Kier molecular flexibility index (Phi) is 4.55. The van der Waals surface area contributed by atoms with Gasteiger partial charge in [0.2, 0.25) is 0 Å². The Balaban J connectivity index is 2.52. The molecule has 0 heterocycles. The Morgan fingerprint density at radius 2 is 1.83 bits per heavy atom. The van der Waals surface area contributed by atoms with E-state index >= 15 is 0 Å². The molecule has 4 nitrogen and oxygen atoms in total. The van der Waals surface area contributed by atoms with E-state index in [0.29, 0.717) is 0 Å². The lowest BCUT2D eigenvalue weighted by molar-refractivity contribution is -0.184. The fourth-order valence-corrected chi connectivity index (χ4v) is 1.15. The van der Waals surface area contributed by atoms with E-state index in [4.69, 9.17) is 0 Å². The number of halogens is 3. The minimum atomic E-state index is -4.47. The van der Waals surface area contributed by atoms with E-state index in [0.717, 1.165) is 5.69 Å². The molecule has 0 aliphatic heterocycles. The summed E-state index contributed by atoms with van der Waals surface area (Å²) in [4.78, 5) is 17.3. The molecule has 100 valence electrons. The number of hydroxylamine groups is 1. The number of nitrogens with zero attached hydrogens (tertiary/aromatic N) is 1. The number of benzene rings is 1. The predicted octanol–water partition coefficient (Wildman–Crippen LogP) is 1.98. The minimum absolute atomic E-state index is 0.225. The molecule has 0 fully saturated rings. The van der Waals surface area contributed by atoms with Crippen molar-refractivity contribution in [2.24, 2.45) is 0 Å². The Labute approximate surface area is 102 Å². The second kappa shape index (κ2) is 5.72. The molecular formula is C11H13F3N2O2. The van der Waals surface area contributed by atoms with Crippen molar-refractivity contribution in [3.8, 4) is 0 Å². The van der Waals surface area contributed by atoms with Crippen molar-refractivity contribution in [2.75, 3.05) is 25.6 Å². The topological polar surface area (TPSA) is 41.6 Å². The second-order valence-electron chi connectivity index (χ2n) is 3.78. The van der Waals surface area contributed by atoms with Crippen LogP contribution in [0.1, 0.15) is 10.4 Å². The van der Waals surface area contributed by atoms with Crippen molar-refractivity contribution in [3.63, 3.8) is 0 Å². The normalized spacial score (nSPS) is 11.2. The number of hydrogen-bond acceptors (Lipinski definition) is 3. The largest absolute Gasteiger partial charge is 0.414 e. The van der Waals surface area contributed by atoms with Gasteiger partial charge in [0.1, 0.15) is 0 Å². The highest BCUT2D eigenvalue weighted by Crippen LogP contribution is 2.14. The molecular weight excluding hydrogens is 249 g/mol. The lowest BCUT2D eigenvalue weighted by Crippen LogP contribution is -2.29. The van der Waals surface area contributed by atoms with Crippen LogP contribution >= 0.6 is 0 Å². The summed E-state index contributed by atoms with van der Waals surface area (Å²) in [6.45, 7) is -1.52. The summed E-state index contributed by atoms with van der Waals surface area (Å²) in [6.07, 6.45) is -4.47. The first kappa shape index (κ1) is 14.3. The van der Waals surface area contributed by atoms with Crippen LogP contribution in [0.4, 0.5) is 18.9 Å². The summed E-state index contributed by atoms with van der Waals surface area (Å²) in [7, 11) is 3.67. The van der Waals surface area contributed by atoms with E-state index in [9.17, 15) is 18.0 Å². The Morgan fingerprint density at radius 3 is 2.28 bits per heavy atom. The molecule has 7 heteroatoms. The SMILES string of the molecule is CN(C)c1ccc(C(=O)NOCC(F)(F)F)cc1. The highest BCUT2D eigenvalue weighted by molar-refractivity contribution is 5.93. The molecule has 0 aliphatic rings. The first-order valence-corrected chi connectivity index (χ1v) is 5.06. The molecule has 1 aromatic rings. The average Bonchev–Trinajstić information content (AvgIpc) is 2.27. The van der Waals surface area contributed by atoms with Gasteiger partial charge in [0.05, 0.1) is 0 Å². The van der Waals surface area contributed by atoms with E-state index in [2.05, 4.69) is 4.84 Å². The van der Waals surface area contributed by atoms with Crippen molar-refractivity contribution in [1.82, 2.24) is 5.48 Å². The number of carbonyl (C=O) groups is 1. The fourth-order valence-electron chi connectivity index (χ4n) is 1.15. The third-order valence-corrected chi connectivity index (χ3v) is 2.05. The summed E-state index contributed by atoms with van der Waals surface area (Å²) < 4.78 is 35.3. The van der Waals surface area contributed by atoms with Crippen LogP contribution in [0.2, 0.25) is 0 Å². The lowest BCUT2D eigenvalue weighted by atomic mass is 10.2. The van der Waals surface area contributed by atoms with Gasteiger partial charge in [-0.2, -0.15) is 13.2 Å². The van der Waals surface area contributed by atoms with Gasteiger partial charge in [0, 0.05) is 25.3 Å². The van der Waals surface area contributed by atoms with Crippen molar-refractivity contribution in [2.45, 2.75) is 6.18 Å². The number of carbonyl (C=O) groups excluding carboxylic acids is 1. The zero-order valence-electron chi connectivity index (χ0n) is 9.91. The van der Waals surface area contributed by atoms with Crippen LogP contribution in [0.15, 0.2) is 24.3 Å². The van der Waals surface area contributed by atoms with Crippen molar-refractivity contribution in [1.29, 1.82) is 0 Å². The summed E-state index contributed by atoms with van der Waals surface area (Å²) in [5.74, 6) is -0.718. The molecule has 18 heavy (non-hydrogen) atoms. The summed E-state index contributed by atoms with van der Waals surface area (Å²) in [5, 5.41) is 0. The molecule has 1 aromatic carbocycles. The Bertz CT molecular complexity index is 402. The molecule has 0 unspecified atom stereocenters. The van der Waals surface area contributed by atoms with E-state index in [1.807, 2.05) is 19.0 Å². The standard InChI is InChI=1S/C11H13F3N2O2/c1-16(2)9-5-3-8(4-6-9)10(17)15-18-7-11(12,13)14/h3-6H,7H2,1-2H3,(H,15,17). The van der Waals surface area contributed by atoms with Crippen LogP contribution in [-0.2, 0) is 4.84 Å². The third-order valence-electron chi connectivity index (χ3n) is 2.05. The minimum Gasteiger partial charge on any atom is -0.378 e. The monoisotopic (exact) mass is 262 g/mol. The Hall–Kier alpha value is -1.76. The molecule has 0 radical (unpaired) electrons. The van der Waals surface area contributed by atoms with Gasteiger partial charge in [-0.1, -0.05) is 0 Å². The average molecular weight is 262 g/mol. The van der Waals surface area contributed by atoms with Crippen LogP contribution in [0.25, 0.3) is 0 Å². The molecule has 1 amide bonds. The van der Waals surface area contributed by atoms with Crippen LogP contribution in [0.5, 0.6) is 0 Å². The van der Waals surface area contributed by atoms with E-state index in [-0.39, 0.29) is 5.56 Å². The van der Waals surface area contributed by atoms with Gasteiger partial charge in [-0.05, 0) is 24.3 Å². The van der Waals surface area contributed by atoms with E-state index in [1.165, 1.54) is 12.1 Å². The van der Waals surface area contributed by atoms with Crippen LogP contribution in [-0.4, -0.2) is 32.8 Å². The van der Waals surface area contributed by atoms with Crippen molar-refractivity contribution >= 4 is 11.6 Å².